The molecular formula is C46H78O4. The lowest BCUT2D eigenvalue weighted by Crippen LogP contribution is -2.27. The van der Waals surface area contributed by atoms with Crippen LogP contribution in [0.25, 0.3) is 0 Å². The Bertz CT molecular complexity index is 907. The van der Waals surface area contributed by atoms with Crippen molar-refractivity contribution in [2.75, 3.05) is 19.8 Å². The van der Waals surface area contributed by atoms with E-state index >= 15 is 0 Å². The van der Waals surface area contributed by atoms with E-state index in [4.69, 9.17) is 9.47 Å². The van der Waals surface area contributed by atoms with Gasteiger partial charge in [0.15, 0.2) is 0 Å². The third kappa shape index (κ3) is 40.0. The van der Waals surface area contributed by atoms with Gasteiger partial charge < -0.3 is 14.6 Å². The molecule has 0 heterocycles. The SMILES string of the molecule is CC/C=C\C/C=C\C/C=C\C/C=C\C/C=C\CCCCCCCCCC(=O)OC(CO)COCCCCCCCC/C=C\C/C=C\CCCC. The normalized spacial score (nSPS) is 13.3. The van der Waals surface area contributed by atoms with Gasteiger partial charge in [0.2, 0.25) is 0 Å². The number of esters is 1. The zero-order valence-corrected chi connectivity index (χ0v) is 32.6. The van der Waals surface area contributed by atoms with E-state index in [1.54, 1.807) is 0 Å². The molecule has 286 valence electrons. The molecule has 0 aliphatic carbocycles. The van der Waals surface area contributed by atoms with Crippen molar-refractivity contribution in [3.8, 4) is 0 Å². The lowest BCUT2D eigenvalue weighted by atomic mass is 10.1. The number of aliphatic hydroxyl groups is 1. The third-order valence-electron chi connectivity index (χ3n) is 8.45. The molecule has 0 radical (unpaired) electrons. The van der Waals surface area contributed by atoms with Gasteiger partial charge in [-0.3, -0.25) is 4.79 Å². The zero-order chi connectivity index (χ0) is 36.3. The molecule has 0 aliphatic rings. The van der Waals surface area contributed by atoms with Crippen LogP contribution >= 0.6 is 0 Å². The van der Waals surface area contributed by atoms with Crippen LogP contribution in [-0.2, 0) is 14.3 Å². The second-order valence-corrected chi connectivity index (χ2v) is 13.3. The summed E-state index contributed by atoms with van der Waals surface area (Å²) < 4.78 is 11.1. The predicted octanol–water partition coefficient (Wildman–Crippen LogP) is 13.6. The van der Waals surface area contributed by atoms with Crippen LogP contribution in [0.5, 0.6) is 0 Å². The van der Waals surface area contributed by atoms with Crippen molar-refractivity contribution in [2.24, 2.45) is 0 Å². The maximum atomic E-state index is 12.2. The summed E-state index contributed by atoms with van der Waals surface area (Å²) in [4.78, 5) is 12.2. The van der Waals surface area contributed by atoms with Crippen LogP contribution in [0.1, 0.15) is 174 Å². The molecule has 1 unspecified atom stereocenters. The van der Waals surface area contributed by atoms with E-state index in [0.29, 0.717) is 13.0 Å². The van der Waals surface area contributed by atoms with Gasteiger partial charge in [0.25, 0.3) is 0 Å². The minimum absolute atomic E-state index is 0.186. The van der Waals surface area contributed by atoms with Gasteiger partial charge >= 0.3 is 5.97 Å². The van der Waals surface area contributed by atoms with Gasteiger partial charge in [-0.25, -0.2) is 0 Å². The van der Waals surface area contributed by atoms with Crippen molar-refractivity contribution in [1.82, 2.24) is 0 Å². The largest absolute Gasteiger partial charge is 0.457 e. The molecule has 1 N–H and O–H groups in total. The van der Waals surface area contributed by atoms with Gasteiger partial charge in [-0.15, -0.1) is 0 Å². The van der Waals surface area contributed by atoms with E-state index in [1.807, 2.05) is 0 Å². The summed E-state index contributed by atoms with van der Waals surface area (Å²) in [6.07, 6.45) is 59.2. The molecule has 4 heteroatoms. The molecule has 1 atom stereocenters. The minimum Gasteiger partial charge on any atom is -0.457 e. The Labute approximate surface area is 310 Å². The molecule has 4 nitrogen and oxygen atoms in total. The molecule has 0 aromatic carbocycles. The molecule has 0 spiro atoms. The Hall–Kier alpha value is -2.43. The molecule has 0 aromatic rings. The first-order valence-electron chi connectivity index (χ1n) is 20.7. The maximum absolute atomic E-state index is 12.2. The first kappa shape index (κ1) is 47.6. The summed E-state index contributed by atoms with van der Waals surface area (Å²) in [6.45, 7) is 5.15. The van der Waals surface area contributed by atoms with E-state index in [-0.39, 0.29) is 19.2 Å². The Balaban J connectivity index is 3.53. The number of hydrogen-bond donors (Lipinski definition) is 1. The summed E-state index contributed by atoms with van der Waals surface area (Å²) in [7, 11) is 0. The predicted molar refractivity (Wildman–Crippen MR) is 219 cm³/mol. The van der Waals surface area contributed by atoms with Gasteiger partial charge in [-0.2, -0.15) is 0 Å². The smallest absolute Gasteiger partial charge is 0.306 e. The van der Waals surface area contributed by atoms with Crippen LogP contribution in [0.4, 0.5) is 0 Å². The number of aliphatic hydroxyl groups excluding tert-OH is 1. The second kappa shape index (κ2) is 42.7. The number of ether oxygens (including phenoxy) is 2. The van der Waals surface area contributed by atoms with Gasteiger partial charge in [0, 0.05) is 13.0 Å². The van der Waals surface area contributed by atoms with E-state index in [2.05, 4.69) is 98.9 Å². The van der Waals surface area contributed by atoms with Crippen molar-refractivity contribution in [3.05, 3.63) is 85.1 Å². The average Bonchev–Trinajstić information content (AvgIpc) is 3.12. The van der Waals surface area contributed by atoms with Gasteiger partial charge in [-0.05, 0) is 83.5 Å². The topological polar surface area (TPSA) is 55.8 Å². The average molecular weight is 695 g/mol. The molecule has 0 fully saturated rings. The van der Waals surface area contributed by atoms with Gasteiger partial charge in [-0.1, -0.05) is 170 Å². The number of hydrogen-bond acceptors (Lipinski definition) is 4. The monoisotopic (exact) mass is 695 g/mol. The van der Waals surface area contributed by atoms with Crippen LogP contribution in [0.2, 0.25) is 0 Å². The zero-order valence-electron chi connectivity index (χ0n) is 32.6. The Morgan fingerprint density at radius 2 is 0.900 bits per heavy atom. The van der Waals surface area contributed by atoms with E-state index < -0.39 is 6.10 Å². The van der Waals surface area contributed by atoms with Crippen LogP contribution < -0.4 is 0 Å². The fourth-order valence-corrected chi connectivity index (χ4v) is 5.37. The van der Waals surface area contributed by atoms with Crippen molar-refractivity contribution >= 4 is 5.97 Å². The van der Waals surface area contributed by atoms with Gasteiger partial charge in [0.1, 0.15) is 6.10 Å². The number of carbonyl (C=O) groups excluding carboxylic acids is 1. The Morgan fingerprint density at radius 1 is 0.500 bits per heavy atom. The van der Waals surface area contributed by atoms with Crippen LogP contribution in [0, 0.1) is 0 Å². The summed E-state index contributed by atoms with van der Waals surface area (Å²) in [5, 5.41) is 9.59. The Kier molecular flexibility index (Phi) is 40.7. The van der Waals surface area contributed by atoms with Crippen molar-refractivity contribution in [2.45, 2.75) is 180 Å². The fraction of sp³-hybridized carbons (Fsp3) is 0.674. The highest BCUT2D eigenvalue weighted by Crippen LogP contribution is 2.12. The molecule has 0 bridgehead atoms. The van der Waals surface area contributed by atoms with Crippen molar-refractivity contribution in [3.63, 3.8) is 0 Å². The molecule has 0 rings (SSSR count). The van der Waals surface area contributed by atoms with Crippen LogP contribution in [-0.4, -0.2) is 37.0 Å². The second-order valence-electron chi connectivity index (χ2n) is 13.3. The number of carbonyl (C=O) groups is 1. The van der Waals surface area contributed by atoms with E-state index in [9.17, 15) is 9.90 Å². The highest BCUT2D eigenvalue weighted by molar-refractivity contribution is 5.69. The molecule has 0 saturated carbocycles. The molecule has 0 aliphatic heterocycles. The van der Waals surface area contributed by atoms with E-state index in [1.165, 1.54) is 77.0 Å². The van der Waals surface area contributed by atoms with E-state index in [0.717, 1.165) is 77.0 Å². The van der Waals surface area contributed by atoms with Crippen LogP contribution in [0.3, 0.4) is 0 Å². The highest BCUT2D eigenvalue weighted by Gasteiger charge is 2.13. The van der Waals surface area contributed by atoms with Crippen molar-refractivity contribution < 1.29 is 19.4 Å². The maximum Gasteiger partial charge on any atom is 0.306 e. The molecule has 0 saturated heterocycles. The lowest BCUT2D eigenvalue weighted by Gasteiger charge is -2.15. The highest BCUT2D eigenvalue weighted by atomic mass is 16.6. The first-order valence-corrected chi connectivity index (χ1v) is 20.7. The summed E-state index contributed by atoms with van der Waals surface area (Å²) in [5.41, 5.74) is 0. The summed E-state index contributed by atoms with van der Waals surface area (Å²) in [5.74, 6) is -0.219. The number of allylic oxidation sites excluding steroid dienone is 14. The number of rotatable bonds is 37. The third-order valence-corrected chi connectivity index (χ3v) is 8.45. The molecule has 50 heavy (non-hydrogen) atoms. The quantitative estimate of drug-likeness (QED) is 0.0399. The lowest BCUT2D eigenvalue weighted by molar-refractivity contribution is -0.154. The summed E-state index contributed by atoms with van der Waals surface area (Å²) in [6, 6.07) is 0. The Morgan fingerprint density at radius 3 is 1.36 bits per heavy atom. The number of unbranched alkanes of at least 4 members (excludes halogenated alkanes) is 15. The molecule has 0 aromatic heterocycles. The molecule has 0 amide bonds. The van der Waals surface area contributed by atoms with Gasteiger partial charge in [0.05, 0.1) is 13.2 Å². The minimum atomic E-state index is -0.551. The first-order chi connectivity index (χ1) is 24.7. The fourth-order valence-electron chi connectivity index (χ4n) is 5.37. The summed E-state index contributed by atoms with van der Waals surface area (Å²) >= 11 is 0. The molecular weight excluding hydrogens is 617 g/mol. The van der Waals surface area contributed by atoms with Crippen LogP contribution in [0.15, 0.2) is 85.1 Å². The van der Waals surface area contributed by atoms with Crippen molar-refractivity contribution in [1.29, 1.82) is 0 Å². The standard InChI is InChI=1S/C46H78O4/c1-3-5-7-9-11-13-15-17-19-20-21-22-23-24-25-26-27-29-31-33-35-37-39-41-46(48)50-45(43-47)44-49-42-40-38-36-34-32-30-28-18-16-14-12-10-8-6-4-2/h5,7,10-13,16-19,21-22,24-25,45,47H,3-4,6,8-9,14-15,20,23,26-44H2,1-2H3/b7-5-,12-10-,13-11-,18-16-,19-17-,22-21-,25-24-.